The molecule has 0 radical (unpaired) electrons. The van der Waals surface area contributed by atoms with Gasteiger partial charge in [0.15, 0.2) is 0 Å². The lowest BCUT2D eigenvalue weighted by atomic mass is 10.0. The summed E-state index contributed by atoms with van der Waals surface area (Å²) in [5, 5.41) is 23.3. The van der Waals surface area contributed by atoms with Crippen molar-refractivity contribution in [3.63, 3.8) is 0 Å². The van der Waals surface area contributed by atoms with Gasteiger partial charge in [-0.1, -0.05) is 469 Å². The molecule has 0 bridgehead atoms. The zero-order valence-corrected chi connectivity index (χ0v) is 63.1. The minimum absolute atomic E-state index is 0.0292. The van der Waals surface area contributed by atoms with Crippen molar-refractivity contribution in [2.45, 2.75) is 514 Å². The van der Waals surface area contributed by atoms with Crippen molar-refractivity contribution in [2.24, 2.45) is 0 Å². The molecule has 92 heavy (non-hydrogen) atoms. The molecule has 0 aromatic rings. The lowest BCUT2D eigenvalue weighted by molar-refractivity contribution is -0.143. The predicted molar refractivity (Wildman–Crippen MR) is 407 cm³/mol. The van der Waals surface area contributed by atoms with Gasteiger partial charge in [0, 0.05) is 12.8 Å². The molecular formula is C86H169NO5. The van der Waals surface area contributed by atoms with E-state index in [0.29, 0.717) is 19.4 Å². The maximum absolute atomic E-state index is 12.5. The summed E-state index contributed by atoms with van der Waals surface area (Å²) in [5.74, 6) is -0.0276. The number of allylic oxidation sites excluding steroid dienone is 1. The van der Waals surface area contributed by atoms with Gasteiger partial charge >= 0.3 is 5.97 Å². The minimum atomic E-state index is -0.840. The minimum Gasteiger partial charge on any atom is -0.466 e. The Balaban J connectivity index is 3.29. The molecule has 3 N–H and O–H groups in total. The van der Waals surface area contributed by atoms with E-state index in [9.17, 15) is 19.8 Å². The highest BCUT2D eigenvalue weighted by molar-refractivity contribution is 5.76. The van der Waals surface area contributed by atoms with Gasteiger partial charge in [-0.3, -0.25) is 9.59 Å². The fourth-order valence-corrected chi connectivity index (χ4v) is 14.1. The molecule has 0 spiro atoms. The molecule has 0 aliphatic rings. The highest BCUT2D eigenvalue weighted by Crippen LogP contribution is 2.21. The van der Waals surface area contributed by atoms with Crippen LogP contribution in [0.4, 0.5) is 0 Å². The van der Waals surface area contributed by atoms with Crippen molar-refractivity contribution in [2.75, 3.05) is 13.2 Å². The number of ether oxygens (including phenoxy) is 1. The van der Waals surface area contributed by atoms with Crippen LogP contribution in [0.2, 0.25) is 0 Å². The molecule has 6 heteroatoms. The Bertz CT molecular complexity index is 1400. The Kier molecular flexibility index (Phi) is 80.8. The molecule has 0 fully saturated rings. The van der Waals surface area contributed by atoms with Crippen LogP contribution in [-0.2, 0) is 14.3 Å². The summed E-state index contributed by atoms with van der Waals surface area (Å²) in [6.07, 6.45) is 105. The van der Waals surface area contributed by atoms with Crippen molar-refractivity contribution in [1.29, 1.82) is 0 Å². The second-order valence-electron chi connectivity index (χ2n) is 29.9. The average Bonchev–Trinajstić information content (AvgIpc) is 3.75. The van der Waals surface area contributed by atoms with Gasteiger partial charge in [0.2, 0.25) is 5.91 Å². The average molecular weight is 1300 g/mol. The summed E-state index contributed by atoms with van der Waals surface area (Å²) in [7, 11) is 0. The maximum atomic E-state index is 12.5. The first kappa shape index (κ1) is 90.6. The highest BCUT2D eigenvalue weighted by Gasteiger charge is 2.18. The van der Waals surface area contributed by atoms with Crippen LogP contribution in [0.15, 0.2) is 12.2 Å². The molecule has 1 amide bonds. The summed E-state index contributed by atoms with van der Waals surface area (Å²) < 4.78 is 5.52. The first-order valence-corrected chi connectivity index (χ1v) is 43.0. The van der Waals surface area contributed by atoms with Gasteiger partial charge < -0.3 is 20.3 Å². The zero-order chi connectivity index (χ0) is 66.3. The van der Waals surface area contributed by atoms with Crippen LogP contribution in [0.1, 0.15) is 502 Å². The van der Waals surface area contributed by atoms with Crippen LogP contribution >= 0.6 is 0 Å². The van der Waals surface area contributed by atoms with E-state index in [1.165, 1.54) is 437 Å². The number of carbonyl (C=O) groups is 2. The van der Waals surface area contributed by atoms with Crippen molar-refractivity contribution in [3.05, 3.63) is 12.2 Å². The Hall–Kier alpha value is -1.40. The van der Waals surface area contributed by atoms with Crippen LogP contribution in [0.3, 0.4) is 0 Å². The van der Waals surface area contributed by atoms with Gasteiger partial charge in [0.05, 0.1) is 25.4 Å². The lowest BCUT2D eigenvalue weighted by Crippen LogP contribution is -2.45. The number of unbranched alkanes of at least 4 members (excludes halogenated alkanes) is 71. The maximum Gasteiger partial charge on any atom is 0.305 e. The van der Waals surface area contributed by atoms with E-state index in [4.69, 9.17) is 4.74 Å². The van der Waals surface area contributed by atoms with Crippen molar-refractivity contribution < 1.29 is 24.5 Å². The molecule has 0 aromatic carbocycles. The molecule has 2 unspecified atom stereocenters. The van der Waals surface area contributed by atoms with E-state index in [2.05, 4.69) is 19.2 Å². The number of hydrogen-bond donors (Lipinski definition) is 3. The van der Waals surface area contributed by atoms with E-state index in [0.717, 1.165) is 38.5 Å². The molecule has 548 valence electrons. The first-order valence-electron chi connectivity index (χ1n) is 43.0. The molecule has 0 saturated carbocycles. The van der Waals surface area contributed by atoms with Crippen LogP contribution in [0.25, 0.3) is 0 Å². The summed E-state index contributed by atoms with van der Waals surface area (Å²) in [6.45, 7) is 4.97. The van der Waals surface area contributed by atoms with E-state index in [1.54, 1.807) is 6.08 Å². The fourth-order valence-electron chi connectivity index (χ4n) is 14.1. The van der Waals surface area contributed by atoms with Gasteiger partial charge in [-0.05, 0) is 32.1 Å². The van der Waals surface area contributed by atoms with Gasteiger partial charge in [-0.2, -0.15) is 0 Å². The van der Waals surface area contributed by atoms with E-state index in [1.807, 2.05) is 6.08 Å². The van der Waals surface area contributed by atoms with Gasteiger partial charge in [0.25, 0.3) is 0 Å². The van der Waals surface area contributed by atoms with Crippen LogP contribution in [0, 0.1) is 0 Å². The molecule has 0 aromatic heterocycles. The number of aliphatic hydroxyl groups is 2. The second kappa shape index (κ2) is 82.0. The number of rotatable bonds is 82. The van der Waals surface area contributed by atoms with Gasteiger partial charge in [-0.25, -0.2) is 0 Å². The second-order valence-corrected chi connectivity index (χ2v) is 29.9. The third-order valence-electron chi connectivity index (χ3n) is 20.6. The smallest absolute Gasteiger partial charge is 0.305 e. The summed E-state index contributed by atoms with van der Waals surface area (Å²) >= 11 is 0. The monoisotopic (exact) mass is 1300 g/mol. The Morgan fingerprint density at radius 2 is 0.500 bits per heavy atom. The normalized spacial score (nSPS) is 12.4. The van der Waals surface area contributed by atoms with Crippen molar-refractivity contribution in [1.82, 2.24) is 5.32 Å². The Morgan fingerprint density at radius 3 is 0.739 bits per heavy atom. The van der Waals surface area contributed by atoms with Crippen molar-refractivity contribution >= 4 is 11.9 Å². The summed E-state index contributed by atoms with van der Waals surface area (Å²) in [6, 6.07) is -0.623. The van der Waals surface area contributed by atoms with Crippen LogP contribution < -0.4 is 5.32 Å². The van der Waals surface area contributed by atoms with Crippen LogP contribution in [-0.4, -0.2) is 47.4 Å². The number of aliphatic hydroxyl groups excluding tert-OH is 2. The zero-order valence-electron chi connectivity index (χ0n) is 63.1. The fraction of sp³-hybridized carbons (Fsp3) is 0.953. The molecule has 0 aliphatic carbocycles. The summed E-state index contributed by atoms with van der Waals surface area (Å²) in [4.78, 5) is 24.7. The standard InChI is InChI=1S/C86H169NO5/c1-3-5-7-9-11-13-15-17-19-21-43-47-50-54-58-62-66-70-74-78-84(89)83(82-88)87-85(90)79-75-71-67-63-59-55-51-48-44-41-39-37-35-33-31-29-27-25-23-22-24-26-28-30-32-34-36-38-40-42-45-49-53-57-61-65-69-73-77-81-92-86(91)80-76-72-68-64-60-56-52-46-20-18-16-14-12-10-8-6-4-2/h74,78,83-84,88-89H,3-73,75-77,79-82H2,1-2H3,(H,87,90)/b78-74+. The van der Waals surface area contributed by atoms with E-state index >= 15 is 0 Å². The third-order valence-corrected chi connectivity index (χ3v) is 20.6. The molecule has 0 aliphatic heterocycles. The van der Waals surface area contributed by atoms with E-state index < -0.39 is 12.1 Å². The SMILES string of the molecule is CCCCCCCCCCCCCCCCCCC/C=C/C(O)C(CO)NC(=O)CCCCCCCCCCCCCCCCCCCCCCCCCCCCCCCCCCCCCCCCCOC(=O)CCCCCCCCCCCCCCCCCCC. The Morgan fingerprint density at radius 1 is 0.293 bits per heavy atom. The molecule has 0 rings (SSSR count). The first-order chi connectivity index (χ1) is 45.5. The molecule has 0 heterocycles. The largest absolute Gasteiger partial charge is 0.466 e. The number of esters is 1. The third kappa shape index (κ3) is 77.6. The van der Waals surface area contributed by atoms with Crippen molar-refractivity contribution in [3.8, 4) is 0 Å². The van der Waals surface area contributed by atoms with E-state index in [-0.39, 0.29) is 18.5 Å². The topological polar surface area (TPSA) is 95.9 Å². The lowest BCUT2D eigenvalue weighted by Gasteiger charge is -2.20. The molecule has 2 atom stereocenters. The number of carbonyl (C=O) groups excluding carboxylic acids is 2. The quantitative estimate of drug-likeness (QED) is 0.0320. The molecular weight excluding hydrogens is 1130 g/mol. The molecule has 6 nitrogen and oxygen atoms in total. The highest BCUT2D eigenvalue weighted by atomic mass is 16.5. The van der Waals surface area contributed by atoms with Crippen LogP contribution in [0.5, 0.6) is 0 Å². The number of hydrogen-bond acceptors (Lipinski definition) is 5. The molecule has 0 saturated heterocycles. The number of amides is 1. The van der Waals surface area contributed by atoms with Gasteiger partial charge in [-0.15, -0.1) is 0 Å². The summed E-state index contributed by atoms with van der Waals surface area (Å²) in [5.41, 5.74) is 0. The predicted octanol–water partition coefficient (Wildman–Crippen LogP) is 28.6. The Labute approximate surface area is 578 Å². The number of nitrogens with one attached hydrogen (secondary N) is 1. The van der Waals surface area contributed by atoms with Gasteiger partial charge in [0.1, 0.15) is 0 Å².